The van der Waals surface area contributed by atoms with Crippen LogP contribution in [-0.4, -0.2) is 30.3 Å². The van der Waals surface area contributed by atoms with Crippen LogP contribution >= 0.6 is 0 Å². The average molecular weight is 140 g/mol. The van der Waals surface area contributed by atoms with Gasteiger partial charge in [-0.15, -0.1) is 0 Å². The normalized spacial score (nSPS) is 20.9. The molecule has 1 aliphatic heterocycles. The lowest BCUT2D eigenvalue weighted by Gasteiger charge is -2.24. The van der Waals surface area contributed by atoms with Gasteiger partial charge in [-0.05, 0) is 39.3 Å². The first-order chi connectivity index (χ1) is 4.79. The van der Waals surface area contributed by atoms with Crippen molar-refractivity contribution < 1.29 is 4.79 Å². The molecule has 0 aromatic heterocycles. The topological polar surface area (TPSA) is 20.3 Å². The summed E-state index contributed by atoms with van der Waals surface area (Å²) in [5.41, 5.74) is 0. The summed E-state index contributed by atoms with van der Waals surface area (Å²) in [6.07, 6.45) is 4.58. The van der Waals surface area contributed by atoms with Crippen LogP contribution in [0.2, 0.25) is 0 Å². The fraction of sp³-hybridized carbons (Fsp3) is 0.750. The summed E-state index contributed by atoms with van der Waals surface area (Å²) in [7, 11) is 0. The van der Waals surface area contributed by atoms with Crippen LogP contribution in [0.1, 0.15) is 19.8 Å². The van der Waals surface area contributed by atoms with E-state index in [4.69, 9.17) is 0 Å². The number of carbonyl (C=O) groups excluding carboxylic acids is 1. The highest BCUT2D eigenvalue weighted by Crippen LogP contribution is 2.06. The van der Waals surface area contributed by atoms with E-state index >= 15 is 0 Å². The van der Waals surface area contributed by atoms with Crippen LogP contribution in [0.25, 0.3) is 0 Å². The number of likely N-dealkylation sites (tertiary alicyclic amines) is 1. The van der Waals surface area contributed by atoms with Gasteiger partial charge >= 0.3 is 0 Å². The Hall–Kier alpha value is -0.370. The fourth-order valence-corrected chi connectivity index (χ4v) is 1.28. The zero-order valence-electron chi connectivity index (χ0n) is 6.47. The molecule has 1 aliphatic rings. The maximum Gasteiger partial charge on any atom is 0.143 e. The third-order valence-corrected chi connectivity index (χ3v) is 1.75. The Morgan fingerprint density at radius 2 is 2.10 bits per heavy atom. The molecule has 1 rings (SSSR count). The molecule has 10 heavy (non-hydrogen) atoms. The summed E-state index contributed by atoms with van der Waals surface area (Å²) < 4.78 is 0. The number of ketones is 1. The van der Waals surface area contributed by atoms with Gasteiger partial charge in [0.15, 0.2) is 0 Å². The molecular formula is C8H14NO. The lowest BCUT2D eigenvalue weighted by atomic mass is 10.1. The summed E-state index contributed by atoms with van der Waals surface area (Å²) in [5.74, 6) is 0.280. The van der Waals surface area contributed by atoms with E-state index in [-0.39, 0.29) is 5.78 Å². The van der Waals surface area contributed by atoms with Gasteiger partial charge in [-0.25, -0.2) is 0 Å². The zero-order valence-corrected chi connectivity index (χ0v) is 6.47. The second-order valence-electron chi connectivity index (χ2n) is 2.84. The number of piperidine rings is 1. The van der Waals surface area contributed by atoms with Gasteiger partial charge in [-0.3, -0.25) is 9.69 Å². The van der Waals surface area contributed by atoms with Crippen molar-refractivity contribution in [1.29, 1.82) is 0 Å². The Morgan fingerprint density at radius 3 is 2.60 bits per heavy atom. The van der Waals surface area contributed by atoms with Gasteiger partial charge in [0.2, 0.25) is 0 Å². The number of hydrogen-bond donors (Lipinski definition) is 0. The monoisotopic (exact) mass is 140 g/mol. The van der Waals surface area contributed by atoms with Crippen molar-refractivity contribution in [1.82, 2.24) is 4.90 Å². The zero-order chi connectivity index (χ0) is 7.40. The SMILES string of the molecule is CC(=O)CN1CC[CH]CC1. The molecule has 0 amide bonds. The molecule has 1 radical (unpaired) electrons. The summed E-state index contributed by atoms with van der Waals surface area (Å²) in [5, 5.41) is 0. The van der Waals surface area contributed by atoms with Crippen molar-refractivity contribution in [3.05, 3.63) is 6.42 Å². The van der Waals surface area contributed by atoms with E-state index in [1.54, 1.807) is 6.92 Å². The largest absolute Gasteiger partial charge is 0.299 e. The molecule has 0 atom stereocenters. The van der Waals surface area contributed by atoms with Crippen LogP contribution in [0.4, 0.5) is 0 Å². The molecule has 0 N–H and O–H groups in total. The van der Waals surface area contributed by atoms with E-state index < -0.39 is 0 Å². The minimum absolute atomic E-state index is 0.280. The van der Waals surface area contributed by atoms with Crippen LogP contribution in [0.15, 0.2) is 0 Å². The van der Waals surface area contributed by atoms with Gasteiger partial charge in [0.05, 0.1) is 6.54 Å². The Labute approximate surface area is 62.2 Å². The van der Waals surface area contributed by atoms with Crippen LogP contribution in [0, 0.1) is 6.42 Å². The number of nitrogens with zero attached hydrogens (tertiary/aromatic N) is 1. The van der Waals surface area contributed by atoms with Gasteiger partial charge in [-0.1, -0.05) is 0 Å². The van der Waals surface area contributed by atoms with Crippen LogP contribution in [-0.2, 0) is 4.79 Å². The van der Waals surface area contributed by atoms with Crippen LogP contribution < -0.4 is 0 Å². The maximum absolute atomic E-state index is 10.7. The molecule has 1 heterocycles. The highest BCUT2D eigenvalue weighted by atomic mass is 16.1. The van der Waals surface area contributed by atoms with Crippen molar-refractivity contribution in [3.63, 3.8) is 0 Å². The molecule has 2 heteroatoms. The molecule has 0 aromatic rings. The third-order valence-electron chi connectivity index (χ3n) is 1.75. The molecule has 0 bridgehead atoms. The van der Waals surface area contributed by atoms with E-state index in [9.17, 15) is 4.79 Å². The average Bonchev–Trinajstić information content (AvgIpc) is 1.88. The Kier molecular flexibility index (Phi) is 2.87. The molecule has 1 fully saturated rings. The minimum Gasteiger partial charge on any atom is -0.299 e. The Bertz CT molecular complexity index is 116. The van der Waals surface area contributed by atoms with Gasteiger partial charge in [0.1, 0.15) is 5.78 Å². The lowest BCUT2D eigenvalue weighted by molar-refractivity contribution is -0.118. The quantitative estimate of drug-likeness (QED) is 0.567. The van der Waals surface area contributed by atoms with Crippen molar-refractivity contribution in [3.8, 4) is 0 Å². The van der Waals surface area contributed by atoms with Crippen molar-refractivity contribution in [2.75, 3.05) is 19.6 Å². The van der Waals surface area contributed by atoms with Gasteiger partial charge in [-0.2, -0.15) is 0 Å². The molecular weight excluding hydrogens is 126 g/mol. The summed E-state index contributed by atoms with van der Waals surface area (Å²) in [6, 6.07) is 0. The second kappa shape index (κ2) is 3.71. The summed E-state index contributed by atoms with van der Waals surface area (Å²) in [6.45, 7) is 4.44. The third kappa shape index (κ3) is 2.48. The van der Waals surface area contributed by atoms with E-state index in [2.05, 4.69) is 11.3 Å². The van der Waals surface area contributed by atoms with Crippen molar-refractivity contribution in [2.45, 2.75) is 19.8 Å². The Balaban J connectivity index is 2.19. The minimum atomic E-state index is 0.280. The fourth-order valence-electron chi connectivity index (χ4n) is 1.28. The van der Waals surface area contributed by atoms with Gasteiger partial charge < -0.3 is 0 Å². The first-order valence-corrected chi connectivity index (χ1v) is 3.82. The van der Waals surface area contributed by atoms with Gasteiger partial charge in [0, 0.05) is 0 Å². The molecule has 0 spiro atoms. The summed E-state index contributed by atoms with van der Waals surface area (Å²) in [4.78, 5) is 12.9. The standard InChI is InChI=1S/C8H14NO/c1-8(10)7-9-5-3-2-4-6-9/h2H,3-7H2,1H3. The molecule has 2 nitrogen and oxygen atoms in total. The van der Waals surface area contributed by atoms with E-state index in [0.717, 1.165) is 25.9 Å². The predicted octanol–water partition coefficient (Wildman–Crippen LogP) is 0.875. The molecule has 0 unspecified atom stereocenters. The highest BCUT2D eigenvalue weighted by Gasteiger charge is 2.10. The molecule has 57 valence electrons. The van der Waals surface area contributed by atoms with E-state index in [0.29, 0.717) is 6.54 Å². The smallest absolute Gasteiger partial charge is 0.143 e. The molecule has 0 aromatic carbocycles. The number of rotatable bonds is 2. The second-order valence-corrected chi connectivity index (χ2v) is 2.84. The van der Waals surface area contributed by atoms with Gasteiger partial charge in [0.25, 0.3) is 0 Å². The first-order valence-electron chi connectivity index (χ1n) is 3.82. The highest BCUT2D eigenvalue weighted by molar-refractivity contribution is 5.77. The number of hydrogen-bond acceptors (Lipinski definition) is 2. The summed E-state index contributed by atoms with van der Waals surface area (Å²) >= 11 is 0. The van der Waals surface area contributed by atoms with Crippen molar-refractivity contribution in [2.24, 2.45) is 0 Å². The molecule has 0 aliphatic carbocycles. The predicted molar refractivity (Wildman–Crippen MR) is 40.7 cm³/mol. The van der Waals surface area contributed by atoms with E-state index in [1.807, 2.05) is 0 Å². The van der Waals surface area contributed by atoms with Crippen LogP contribution in [0.5, 0.6) is 0 Å². The molecule has 0 saturated carbocycles. The first kappa shape index (κ1) is 7.73. The molecule has 1 saturated heterocycles. The van der Waals surface area contributed by atoms with Crippen LogP contribution in [0.3, 0.4) is 0 Å². The van der Waals surface area contributed by atoms with E-state index in [1.165, 1.54) is 0 Å². The number of carbonyl (C=O) groups is 1. The lowest BCUT2D eigenvalue weighted by Crippen LogP contribution is -2.33. The van der Waals surface area contributed by atoms with Crippen molar-refractivity contribution >= 4 is 5.78 Å². The Morgan fingerprint density at radius 1 is 1.50 bits per heavy atom. The maximum atomic E-state index is 10.7. The number of Topliss-reactive ketones (excluding diaryl/α,β-unsaturated/α-hetero) is 1.